The van der Waals surface area contributed by atoms with E-state index in [-0.39, 0.29) is 6.04 Å². The Hall–Kier alpha value is -2.48. The largest absolute Gasteiger partial charge is 0.508 e. The Kier molecular flexibility index (Phi) is 2.64. The third kappa shape index (κ3) is 1.87. The van der Waals surface area contributed by atoms with Crippen LogP contribution in [0.25, 0.3) is 10.8 Å². The summed E-state index contributed by atoms with van der Waals surface area (Å²) in [5.41, 5.74) is 4.62. The lowest BCUT2D eigenvalue weighted by molar-refractivity contribution is 0.462. The highest BCUT2D eigenvalue weighted by Crippen LogP contribution is 2.40. The summed E-state index contributed by atoms with van der Waals surface area (Å²) in [6.45, 7) is 2.05. The molecule has 0 fully saturated rings. The van der Waals surface area contributed by atoms with Crippen LogP contribution in [-0.2, 0) is 6.42 Å². The van der Waals surface area contributed by atoms with Crippen LogP contribution >= 0.6 is 0 Å². The highest BCUT2D eigenvalue weighted by Gasteiger charge is 2.24. The molecule has 0 saturated heterocycles. The van der Waals surface area contributed by atoms with Gasteiger partial charge in [0, 0.05) is 16.6 Å². The van der Waals surface area contributed by atoms with Crippen LogP contribution in [0.2, 0.25) is 0 Å². The molecule has 21 heavy (non-hydrogen) atoms. The lowest BCUT2D eigenvalue weighted by Crippen LogP contribution is -2.19. The monoisotopic (exact) mass is 275 g/mol. The fourth-order valence-electron chi connectivity index (χ4n) is 3.46. The van der Waals surface area contributed by atoms with Gasteiger partial charge in [0.15, 0.2) is 0 Å². The summed E-state index contributed by atoms with van der Waals surface area (Å²) in [6.07, 6.45) is 0.896. The van der Waals surface area contributed by atoms with Gasteiger partial charge in [0.05, 0.1) is 6.04 Å². The fourth-order valence-corrected chi connectivity index (χ4v) is 3.46. The maximum Gasteiger partial charge on any atom is 0.121 e. The molecule has 2 heteroatoms. The summed E-state index contributed by atoms with van der Waals surface area (Å²) in [7, 11) is 0. The summed E-state index contributed by atoms with van der Waals surface area (Å²) in [5, 5.41) is 16.4. The quantitative estimate of drug-likeness (QED) is 0.682. The molecule has 0 spiro atoms. The van der Waals surface area contributed by atoms with Gasteiger partial charge in [0.2, 0.25) is 0 Å². The number of nitrogens with one attached hydrogen (secondary N) is 1. The van der Waals surface area contributed by atoms with Crippen LogP contribution in [0.1, 0.15) is 22.7 Å². The summed E-state index contributed by atoms with van der Waals surface area (Å²) in [4.78, 5) is 0. The standard InChI is InChI=1S/C19H17NO/c1-12-5-2-10-17(21)18(12)16-11-14-8-3-6-13-7-4-9-15(20-16)19(13)14/h2-10,16,20-21H,11H2,1H3. The maximum absolute atomic E-state index is 10.2. The molecule has 0 aliphatic carbocycles. The van der Waals surface area contributed by atoms with Crippen LogP contribution in [0.4, 0.5) is 5.69 Å². The van der Waals surface area contributed by atoms with Crippen molar-refractivity contribution in [1.29, 1.82) is 0 Å². The van der Waals surface area contributed by atoms with Crippen molar-refractivity contribution < 1.29 is 5.11 Å². The summed E-state index contributed by atoms with van der Waals surface area (Å²) in [6, 6.07) is 18.6. The van der Waals surface area contributed by atoms with Gasteiger partial charge in [0.25, 0.3) is 0 Å². The third-order valence-corrected chi connectivity index (χ3v) is 4.39. The topological polar surface area (TPSA) is 32.3 Å². The second-order valence-corrected chi connectivity index (χ2v) is 5.73. The van der Waals surface area contributed by atoms with Gasteiger partial charge < -0.3 is 10.4 Å². The number of aryl methyl sites for hydroxylation is 1. The van der Waals surface area contributed by atoms with E-state index in [1.54, 1.807) is 6.07 Å². The lowest BCUT2D eigenvalue weighted by Gasteiger charge is -2.29. The molecule has 1 aliphatic rings. The van der Waals surface area contributed by atoms with Crippen LogP contribution in [0.15, 0.2) is 54.6 Å². The molecule has 104 valence electrons. The van der Waals surface area contributed by atoms with Gasteiger partial charge in [-0.3, -0.25) is 0 Å². The normalized spacial score (nSPS) is 16.7. The Morgan fingerprint density at radius 3 is 2.57 bits per heavy atom. The van der Waals surface area contributed by atoms with E-state index in [2.05, 4.69) is 54.7 Å². The number of phenols is 1. The lowest BCUT2D eigenvalue weighted by atomic mass is 9.88. The van der Waals surface area contributed by atoms with E-state index in [1.165, 1.54) is 16.3 Å². The Bertz CT molecular complexity index is 777. The smallest absolute Gasteiger partial charge is 0.121 e. The molecule has 1 heterocycles. The van der Waals surface area contributed by atoms with Crippen LogP contribution in [0.3, 0.4) is 0 Å². The molecule has 1 aliphatic heterocycles. The van der Waals surface area contributed by atoms with Crippen LogP contribution in [0, 0.1) is 6.92 Å². The van der Waals surface area contributed by atoms with Gasteiger partial charge in [0.1, 0.15) is 5.75 Å². The predicted molar refractivity (Wildman–Crippen MR) is 86.9 cm³/mol. The molecule has 1 atom stereocenters. The summed E-state index contributed by atoms with van der Waals surface area (Å²) >= 11 is 0. The zero-order valence-corrected chi connectivity index (χ0v) is 11.9. The molecule has 0 amide bonds. The van der Waals surface area contributed by atoms with E-state index in [0.717, 1.165) is 23.2 Å². The van der Waals surface area contributed by atoms with Gasteiger partial charge in [-0.05, 0) is 42.0 Å². The molecular formula is C19H17NO. The van der Waals surface area contributed by atoms with Crippen molar-refractivity contribution in [2.45, 2.75) is 19.4 Å². The average Bonchev–Trinajstić information content (AvgIpc) is 2.47. The molecule has 3 aromatic carbocycles. The number of rotatable bonds is 1. The van der Waals surface area contributed by atoms with Crippen LogP contribution < -0.4 is 5.32 Å². The highest BCUT2D eigenvalue weighted by atomic mass is 16.3. The van der Waals surface area contributed by atoms with Crippen molar-refractivity contribution >= 4 is 16.5 Å². The molecule has 3 aromatic rings. The van der Waals surface area contributed by atoms with E-state index in [9.17, 15) is 5.11 Å². The van der Waals surface area contributed by atoms with Crippen molar-refractivity contribution in [3.05, 3.63) is 71.3 Å². The average molecular weight is 275 g/mol. The first-order valence-corrected chi connectivity index (χ1v) is 7.29. The van der Waals surface area contributed by atoms with Gasteiger partial charge in [-0.1, -0.05) is 42.5 Å². The van der Waals surface area contributed by atoms with Crippen molar-refractivity contribution in [2.24, 2.45) is 0 Å². The Morgan fingerprint density at radius 2 is 1.76 bits per heavy atom. The highest BCUT2D eigenvalue weighted by molar-refractivity contribution is 5.97. The maximum atomic E-state index is 10.2. The Labute approximate surface area is 124 Å². The number of phenolic OH excluding ortho intramolecular Hbond substituents is 1. The molecule has 0 bridgehead atoms. The molecular weight excluding hydrogens is 258 g/mol. The van der Waals surface area contributed by atoms with Gasteiger partial charge >= 0.3 is 0 Å². The number of benzene rings is 3. The van der Waals surface area contributed by atoms with Crippen molar-refractivity contribution in [1.82, 2.24) is 0 Å². The number of hydrogen-bond acceptors (Lipinski definition) is 2. The molecule has 0 radical (unpaired) electrons. The van der Waals surface area contributed by atoms with Crippen LogP contribution in [-0.4, -0.2) is 5.11 Å². The van der Waals surface area contributed by atoms with Crippen molar-refractivity contribution in [3.63, 3.8) is 0 Å². The number of hydrogen-bond donors (Lipinski definition) is 2. The molecule has 0 aromatic heterocycles. The first-order chi connectivity index (χ1) is 10.2. The fraction of sp³-hybridized carbons (Fsp3) is 0.158. The van der Waals surface area contributed by atoms with Crippen molar-refractivity contribution in [3.8, 4) is 5.75 Å². The third-order valence-electron chi connectivity index (χ3n) is 4.39. The van der Waals surface area contributed by atoms with Gasteiger partial charge in [-0.15, -0.1) is 0 Å². The van der Waals surface area contributed by atoms with E-state index in [1.807, 2.05) is 6.07 Å². The molecule has 1 unspecified atom stereocenters. The minimum atomic E-state index is 0.117. The van der Waals surface area contributed by atoms with Gasteiger partial charge in [-0.2, -0.15) is 0 Å². The number of anilines is 1. The molecule has 2 nitrogen and oxygen atoms in total. The molecule has 4 rings (SSSR count). The minimum Gasteiger partial charge on any atom is -0.508 e. The van der Waals surface area contributed by atoms with E-state index >= 15 is 0 Å². The SMILES string of the molecule is Cc1cccc(O)c1C1Cc2cccc3cccc(c23)N1. The van der Waals surface area contributed by atoms with E-state index in [0.29, 0.717) is 5.75 Å². The van der Waals surface area contributed by atoms with Gasteiger partial charge in [-0.25, -0.2) is 0 Å². The van der Waals surface area contributed by atoms with Crippen LogP contribution in [0.5, 0.6) is 5.75 Å². The predicted octanol–water partition coefficient (Wildman–Crippen LogP) is 4.56. The Balaban J connectivity index is 1.87. The second-order valence-electron chi connectivity index (χ2n) is 5.73. The van der Waals surface area contributed by atoms with Crippen molar-refractivity contribution in [2.75, 3.05) is 5.32 Å². The van der Waals surface area contributed by atoms with E-state index < -0.39 is 0 Å². The first kappa shape index (κ1) is 12.3. The summed E-state index contributed by atoms with van der Waals surface area (Å²) < 4.78 is 0. The Morgan fingerprint density at radius 1 is 1.00 bits per heavy atom. The molecule has 0 saturated carbocycles. The molecule has 2 N–H and O–H groups in total. The summed E-state index contributed by atoms with van der Waals surface area (Å²) in [5.74, 6) is 0.374. The zero-order valence-electron chi connectivity index (χ0n) is 11.9. The minimum absolute atomic E-state index is 0.117. The number of aromatic hydroxyl groups is 1. The first-order valence-electron chi connectivity index (χ1n) is 7.29. The zero-order chi connectivity index (χ0) is 14.4. The second kappa shape index (κ2) is 4.52. The van der Waals surface area contributed by atoms with E-state index in [4.69, 9.17) is 0 Å².